The molecule has 0 fully saturated rings. The van der Waals surface area contributed by atoms with Gasteiger partial charge in [-0.1, -0.05) is 6.58 Å². The minimum absolute atomic E-state index is 0.118. The van der Waals surface area contributed by atoms with E-state index in [4.69, 9.17) is 15.2 Å². The van der Waals surface area contributed by atoms with E-state index in [1.807, 2.05) is 32.0 Å². The molecule has 0 spiro atoms. The van der Waals surface area contributed by atoms with E-state index in [1.165, 1.54) is 0 Å². The van der Waals surface area contributed by atoms with E-state index in [1.54, 1.807) is 6.21 Å². The average Bonchev–Trinajstić information content (AvgIpc) is 2.37. The van der Waals surface area contributed by atoms with Crippen LogP contribution in [0.25, 0.3) is 0 Å². The highest BCUT2D eigenvalue weighted by atomic mass is 32.1. The van der Waals surface area contributed by atoms with E-state index in [0.29, 0.717) is 24.7 Å². The Bertz CT molecular complexity index is 515. The molecule has 0 aliphatic heterocycles. The number of hydrazone groups is 1. The van der Waals surface area contributed by atoms with E-state index in [0.717, 1.165) is 11.1 Å². The van der Waals surface area contributed by atoms with Crippen molar-refractivity contribution < 1.29 is 9.47 Å². The summed E-state index contributed by atoms with van der Waals surface area (Å²) in [5, 5.41) is 4.01. The SMILES string of the molecule is C=C(C)COc1ccc(C=NNC(N)=S)cc1OCC. The Kier molecular flexibility index (Phi) is 6.52. The van der Waals surface area contributed by atoms with Crippen LogP contribution in [0.1, 0.15) is 19.4 Å². The molecule has 0 saturated carbocycles. The summed E-state index contributed by atoms with van der Waals surface area (Å²) in [6, 6.07) is 5.53. The summed E-state index contributed by atoms with van der Waals surface area (Å²) in [4.78, 5) is 0. The standard InChI is InChI=1S/C14H19N3O2S/c1-4-18-13-7-11(8-16-17-14(15)20)5-6-12(13)19-9-10(2)3/h5-8H,2,4,9H2,1,3H3,(H3,15,17,20). The van der Waals surface area contributed by atoms with Crippen molar-refractivity contribution in [1.29, 1.82) is 0 Å². The molecule has 0 aliphatic carbocycles. The highest BCUT2D eigenvalue weighted by Crippen LogP contribution is 2.28. The monoisotopic (exact) mass is 293 g/mol. The minimum atomic E-state index is 0.118. The molecule has 108 valence electrons. The molecule has 0 aliphatic rings. The van der Waals surface area contributed by atoms with Gasteiger partial charge >= 0.3 is 0 Å². The largest absolute Gasteiger partial charge is 0.490 e. The fraction of sp³-hybridized carbons (Fsp3) is 0.286. The van der Waals surface area contributed by atoms with Gasteiger partial charge in [-0.05, 0) is 55.4 Å². The van der Waals surface area contributed by atoms with Crippen molar-refractivity contribution in [1.82, 2.24) is 5.43 Å². The molecule has 0 atom stereocenters. The Morgan fingerprint density at radius 2 is 2.20 bits per heavy atom. The van der Waals surface area contributed by atoms with Gasteiger partial charge in [0.15, 0.2) is 16.6 Å². The molecule has 1 rings (SSSR count). The van der Waals surface area contributed by atoms with Gasteiger partial charge in [-0.3, -0.25) is 5.43 Å². The van der Waals surface area contributed by atoms with E-state index in [2.05, 4.69) is 29.3 Å². The van der Waals surface area contributed by atoms with Crippen LogP contribution in [0.3, 0.4) is 0 Å². The Balaban J connectivity index is 2.85. The summed E-state index contributed by atoms with van der Waals surface area (Å²) >= 11 is 4.66. The van der Waals surface area contributed by atoms with Gasteiger partial charge in [0.05, 0.1) is 12.8 Å². The van der Waals surface area contributed by atoms with Crippen LogP contribution in [-0.4, -0.2) is 24.5 Å². The van der Waals surface area contributed by atoms with E-state index >= 15 is 0 Å². The second-order valence-electron chi connectivity index (χ2n) is 4.12. The first-order chi connectivity index (χ1) is 9.52. The molecule has 0 aromatic heterocycles. The molecule has 6 heteroatoms. The van der Waals surface area contributed by atoms with Crippen LogP contribution in [0, 0.1) is 0 Å². The normalized spacial score (nSPS) is 10.3. The van der Waals surface area contributed by atoms with Crippen molar-refractivity contribution in [2.24, 2.45) is 10.8 Å². The zero-order chi connectivity index (χ0) is 15.0. The van der Waals surface area contributed by atoms with Gasteiger partial charge < -0.3 is 15.2 Å². The highest BCUT2D eigenvalue weighted by molar-refractivity contribution is 7.80. The molecule has 0 saturated heterocycles. The summed E-state index contributed by atoms with van der Waals surface area (Å²) in [7, 11) is 0. The van der Waals surface area contributed by atoms with Gasteiger partial charge in [-0.25, -0.2) is 0 Å². The maximum Gasteiger partial charge on any atom is 0.184 e. The number of ether oxygens (including phenoxy) is 2. The van der Waals surface area contributed by atoms with Crippen molar-refractivity contribution in [3.8, 4) is 11.5 Å². The molecule has 1 aromatic rings. The Morgan fingerprint density at radius 3 is 2.80 bits per heavy atom. The zero-order valence-corrected chi connectivity index (χ0v) is 12.5. The van der Waals surface area contributed by atoms with Gasteiger partial charge in [0.25, 0.3) is 0 Å². The smallest absolute Gasteiger partial charge is 0.184 e. The van der Waals surface area contributed by atoms with Crippen molar-refractivity contribution in [3.05, 3.63) is 35.9 Å². The number of nitrogens with two attached hydrogens (primary N) is 1. The lowest BCUT2D eigenvalue weighted by atomic mass is 10.2. The van der Waals surface area contributed by atoms with Gasteiger partial charge in [0.1, 0.15) is 6.61 Å². The quantitative estimate of drug-likeness (QED) is 0.349. The van der Waals surface area contributed by atoms with Crippen molar-refractivity contribution in [3.63, 3.8) is 0 Å². The predicted octanol–water partition coefficient (Wildman–Crippen LogP) is 2.21. The molecule has 5 nitrogen and oxygen atoms in total. The van der Waals surface area contributed by atoms with Gasteiger partial charge in [0, 0.05) is 0 Å². The number of benzene rings is 1. The van der Waals surface area contributed by atoms with Crippen LogP contribution in [-0.2, 0) is 0 Å². The summed E-state index contributed by atoms with van der Waals surface area (Å²) in [6.07, 6.45) is 1.60. The van der Waals surface area contributed by atoms with Crippen LogP contribution in [0.2, 0.25) is 0 Å². The molecule has 0 heterocycles. The third-order valence-electron chi connectivity index (χ3n) is 2.13. The van der Waals surface area contributed by atoms with Gasteiger partial charge in [0.2, 0.25) is 0 Å². The van der Waals surface area contributed by atoms with E-state index in [-0.39, 0.29) is 5.11 Å². The molecule has 0 radical (unpaired) electrons. The van der Waals surface area contributed by atoms with Gasteiger partial charge in [-0.15, -0.1) is 0 Å². The maximum atomic E-state index is 5.62. The van der Waals surface area contributed by atoms with Crippen molar-refractivity contribution in [2.45, 2.75) is 13.8 Å². The first kappa shape index (κ1) is 16.0. The Labute approximate surface area is 124 Å². The minimum Gasteiger partial charge on any atom is -0.490 e. The second kappa shape index (κ2) is 8.16. The predicted molar refractivity (Wildman–Crippen MR) is 85.4 cm³/mol. The van der Waals surface area contributed by atoms with Crippen LogP contribution in [0.15, 0.2) is 35.5 Å². The van der Waals surface area contributed by atoms with Crippen molar-refractivity contribution in [2.75, 3.05) is 13.2 Å². The lowest BCUT2D eigenvalue weighted by Crippen LogP contribution is -2.23. The third-order valence-corrected chi connectivity index (χ3v) is 2.22. The summed E-state index contributed by atoms with van der Waals surface area (Å²) in [6.45, 7) is 8.63. The van der Waals surface area contributed by atoms with E-state index in [9.17, 15) is 0 Å². The van der Waals surface area contributed by atoms with E-state index < -0.39 is 0 Å². The second-order valence-corrected chi connectivity index (χ2v) is 4.56. The summed E-state index contributed by atoms with van der Waals surface area (Å²) in [5.41, 5.74) is 9.57. The average molecular weight is 293 g/mol. The molecular weight excluding hydrogens is 274 g/mol. The third kappa shape index (κ3) is 5.71. The number of thiocarbonyl (C=S) groups is 1. The topological polar surface area (TPSA) is 68.9 Å². The number of nitrogens with zero attached hydrogens (tertiary/aromatic N) is 1. The number of hydrogen-bond donors (Lipinski definition) is 2. The Hall–Kier alpha value is -2.08. The Morgan fingerprint density at radius 1 is 1.45 bits per heavy atom. The van der Waals surface area contributed by atoms with Crippen LogP contribution in [0.4, 0.5) is 0 Å². The molecule has 0 amide bonds. The maximum absolute atomic E-state index is 5.62. The molecule has 0 bridgehead atoms. The lowest BCUT2D eigenvalue weighted by Gasteiger charge is -2.12. The van der Waals surface area contributed by atoms with Crippen LogP contribution < -0.4 is 20.6 Å². The molecule has 1 aromatic carbocycles. The summed E-state index contributed by atoms with van der Waals surface area (Å²) < 4.78 is 11.2. The number of hydrogen-bond acceptors (Lipinski definition) is 4. The molecule has 0 unspecified atom stereocenters. The first-order valence-electron chi connectivity index (χ1n) is 6.15. The fourth-order valence-corrected chi connectivity index (χ4v) is 1.42. The number of nitrogens with one attached hydrogen (secondary N) is 1. The first-order valence-corrected chi connectivity index (χ1v) is 6.56. The molecular formula is C14H19N3O2S. The van der Waals surface area contributed by atoms with Gasteiger partial charge in [-0.2, -0.15) is 5.10 Å². The fourth-order valence-electron chi connectivity index (χ4n) is 1.36. The highest BCUT2D eigenvalue weighted by Gasteiger charge is 2.06. The molecule has 3 N–H and O–H groups in total. The number of rotatable bonds is 7. The zero-order valence-electron chi connectivity index (χ0n) is 11.7. The lowest BCUT2D eigenvalue weighted by molar-refractivity contribution is 0.293. The van der Waals surface area contributed by atoms with Crippen LogP contribution >= 0.6 is 12.2 Å². The molecule has 20 heavy (non-hydrogen) atoms. The van der Waals surface area contributed by atoms with Crippen LogP contribution in [0.5, 0.6) is 11.5 Å². The van der Waals surface area contributed by atoms with Crippen molar-refractivity contribution >= 4 is 23.5 Å². The summed E-state index contributed by atoms with van der Waals surface area (Å²) in [5.74, 6) is 1.34.